The number of allylic oxidation sites excluding steroid dienone is 1. The summed E-state index contributed by atoms with van der Waals surface area (Å²) >= 11 is 1.66. The van der Waals surface area contributed by atoms with Crippen molar-refractivity contribution in [2.24, 2.45) is 0 Å². The normalized spacial score (nSPS) is 21.9. The van der Waals surface area contributed by atoms with E-state index in [4.69, 9.17) is 9.47 Å². The van der Waals surface area contributed by atoms with Gasteiger partial charge in [0, 0.05) is 25.4 Å². The van der Waals surface area contributed by atoms with Gasteiger partial charge in [-0.05, 0) is 52.4 Å². The summed E-state index contributed by atoms with van der Waals surface area (Å²) in [5.74, 6) is 0.448. The zero-order chi connectivity index (χ0) is 21.6. The first kappa shape index (κ1) is 22.1. The van der Waals surface area contributed by atoms with E-state index in [1.54, 1.807) is 11.3 Å². The summed E-state index contributed by atoms with van der Waals surface area (Å²) in [6.07, 6.45) is 7.91. The number of hydrogen-bond acceptors (Lipinski definition) is 5. The van der Waals surface area contributed by atoms with Gasteiger partial charge in [-0.25, -0.2) is 0 Å². The first-order chi connectivity index (χ1) is 15.1. The van der Waals surface area contributed by atoms with Crippen molar-refractivity contribution >= 4 is 17.2 Å². The van der Waals surface area contributed by atoms with Crippen molar-refractivity contribution in [3.63, 3.8) is 0 Å². The molecule has 0 saturated heterocycles. The van der Waals surface area contributed by atoms with Gasteiger partial charge >= 0.3 is 0 Å². The van der Waals surface area contributed by atoms with Crippen molar-refractivity contribution in [2.75, 3.05) is 7.05 Å². The Bertz CT molecular complexity index is 871. The molecule has 0 unspecified atom stereocenters. The lowest BCUT2D eigenvalue weighted by Crippen LogP contribution is -2.41. The molecule has 4 rings (SSSR count). The summed E-state index contributed by atoms with van der Waals surface area (Å²) in [5.41, 5.74) is 3.08. The molecule has 2 aliphatic rings. The highest BCUT2D eigenvalue weighted by atomic mass is 32.1. The molecule has 1 amide bonds. The van der Waals surface area contributed by atoms with Crippen LogP contribution in [0.3, 0.4) is 0 Å². The van der Waals surface area contributed by atoms with Gasteiger partial charge in [-0.2, -0.15) is 11.3 Å². The number of ether oxygens (including phenoxy) is 2. The minimum absolute atomic E-state index is 0.0278. The number of likely N-dealkylation sites (N-methyl/N-ethyl adjacent to an activating group) is 1. The first-order valence-electron chi connectivity index (χ1n) is 11.1. The molecule has 1 fully saturated rings. The van der Waals surface area contributed by atoms with E-state index in [1.165, 1.54) is 24.8 Å². The van der Waals surface area contributed by atoms with E-state index in [-0.39, 0.29) is 24.5 Å². The molecule has 5 nitrogen and oxygen atoms in total. The molecule has 1 aliphatic carbocycles. The Labute approximate surface area is 188 Å². The zero-order valence-electron chi connectivity index (χ0n) is 18.0. The lowest BCUT2D eigenvalue weighted by molar-refractivity contribution is -0.156. The molecule has 1 aromatic heterocycles. The predicted octanol–water partition coefficient (Wildman–Crippen LogP) is 4.96. The number of aliphatic hydroxyl groups excluding tert-OH is 1. The molecule has 1 aliphatic heterocycles. The number of nitrogens with zero attached hydrogens (tertiary/aromatic N) is 1. The quantitative estimate of drug-likeness (QED) is 0.660. The van der Waals surface area contributed by atoms with Crippen LogP contribution in [0, 0.1) is 0 Å². The van der Waals surface area contributed by atoms with Crippen LogP contribution >= 0.6 is 11.3 Å². The van der Waals surface area contributed by atoms with E-state index in [0.29, 0.717) is 18.8 Å². The molecule has 0 bridgehead atoms. The van der Waals surface area contributed by atoms with Crippen LogP contribution in [-0.2, 0) is 27.5 Å². The molecule has 1 aromatic carbocycles. The average molecular weight is 442 g/mol. The predicted molar refractivity (Wildman–Crippen MR) is 121 cm³/mol. The fraction of sp³-hybridized carbons (Fsp3) is 0.480. The summed E-state index contributed by atoms with van der Waals surface area (Å²) in [4.78, 5) is 15.1. The molecule has 0 spiro atoms. The van der Waals surface area contributed by atoms with Gasteiger partial charge in [-0.1, -0.05) is 43.5 Å². The van der Waals surface area contributed by atoms with Gasteiger partial charge in [0.25, 0.3) is 5.91 Å². The third-order valence-electron chi connectivity index (χ3n) is 6.32. The van der Waals surface area contributed by atoms with Crippen molar-refractivity contribution in [1.29, 1.82) is 0 Å². The van der Waals surface area contributed by atoms with Crippen molar-refractivity contribution < 1.29 is 19.4 Å². The molecule has 0 radical (unpaired) electrons. The lowest BCUT2D eigenvalue weighted by Gasteiger charge is -2.34. The van der Waals surface area contributed by atoms with Gasteiger partial charge in [-0.3, -0.25) is 4.79 Å². The summed E-state index contributed by atoms with van der Waals surface area (Å²) in [6.45, 7) is 0.423. The number of thiophene rings is 1. The standard InChI is InChI=1S/C25H31NO4S/c1-26(22-5-3-2-4-6-22)25(28)23-13-21(20-11-12-31-17-20)14-24(30-23)29-16-19-9-7-18(15-27)8-10-19/h7-13,17,21-22,24,27H,2-6,14-16H2,1H3/t21-,24+/m1/s1. The van der Waals surface area contributed by atoms with Crippen molar-refractivity contribution in [2.45, 2.75) is 70.0 Å². The molecule has 1 saturated carbocycles. The van der Waals surface area contributed by atoms with E-state index >= 15 is 0 Å². The zero-order valence-corrected chi connectivity index (χ0v) is 18.9. The lowest BCUT2D eigenvalue weighted by atomic mass is 9.93. The second kappa shape index (κ2) is 10.4. The van der Waals surface area contributed by atoms with Gasteiger partial charge in [0.05, 0.1) is 13.2 Å². The van der Waals surface area contributed by atoms with Gasteiger partial charge in [0.1, 0.15) is 0 Å². The Morgan fingerprint density at radius 2 is 1.90 bits per heavy atom. The maximum absolute atomic E-state index is 13.3. The Balaban J connectivity index is 1.46. The number of carbonyl (C=O) groups is 1. The Kier molecular flexibility index (Phi) is 7.43. The molecule has 166 valence electrons. The molecule has 6 heteroatoms. The van der Waals surface area contributed by atoms with E-state index < -0.39 is 6.29 Å². The minimum Gasteiger partial charge on any atom is -0.459 e. The van der Waals surface area contributed by atoms with Crippen molar-refractivity contribution in [3.05, 3.63) is 69.6 Å². The van der Waals surface area contributed by atoms with Gasteiger partial charge in [0.15, 0.2) is 5.76 Å². The Morgan fingerprint density at radius 1 is 1.16 bits per heavy atom. The molecule has 1 N–H and O–H groups in total. The van der Waals surface area contributed by atoms with E-state index in [1.807, 2.05) is 42.3 Å². The van der Waals surface area contributed by atoms with Crippen LogP contribution in [0.1, 0.15) is 61.1 Å². The van der Waals surface area contributed by atoms with Crippen LogP contribution in [0.5, 0.6) is 0 Å². The fourth-order valence-corrected chi connectivity index (χ4v) is 5.09. The molecule has 2 heterocycles. The largest absolute Gasteiger partial charge is 0.459 e. The minimum atomic E-state index is -0.480. The maximum Gasteiger partial charge on any atom is 0.288 e. The van der Waals surface area contributed by atoms with E-state index in [9.17, 15) is 9.90 Å². The first-order valence-corrected chi connectivity index (χ1v) is 12.1. The summed E-state index contributed by atoms with van der Waals surface area (Å²) in [7, 11) is 1.90. The van der Waals surface area contributed by atoms with Gasteiger partial charge in [-0.15, -0.1) is 0 Å². The van der Waals surface area contributed by atoms with Crippen LogP contribution in [0.2, 0.25) is 0 Å². The molecular formula is C25H31NO4S. The third kappa shape index (κ3) is 5.56. The van der Waals surface area contributed by atoms with Crippen LogP contribution < -0.4 is 0 Å². The number of aliphatic hydroxyl groups is 1. The monoisotopic (exact) mass is 441 g/mol. The SMILES string of the molecule is CN(C(=O)C1=C[C@@H](c2ccsc2)C[C@@H](OCc2ccc(CO)cc2)O1)C1CCCCC1. The second-order valence-corrected chi connectivity index (χ2v) is 9.25. The molecule has 2 atom stereocenters. The van der Waals surface area contributed by atoms with Crippen LogP contribution in [0.25, 0.3) is 0 Å². The second-order valence-electron chi connectivity index (χ2n) is 8.47. The Hall–Kier alpha value is -2.15. The highest BCUT2D eigenvalue weighted by molar-refractivity contribution is 7.08. The topological polar surface area (TPSA) is 59.0 Å². The summed E-state index contributed by atoms with van der Waals surface area (Å²) < 4.78 is 12.1. The molecule has 2 aromatic rings. The maximum atomic E-state index is 13.3. The highest BCUT2D eigenvalue weighted by Crippen LogP contribution is 2.34. The summed E-state index contributed by atoms with van der Waals surface area (Å²) in [6, 6.07) is 10.1. The van der Waals surface area contributed by atoms with Gasteiger partial charge < -0.3 is 19.5 Å². The number of hydrogen-bond donors (Lipinski definition) is 1. The summed E-state index contributed by atoms with van der Waals surface area (Å²) in [5, 5.41) is 13.4. The van der Waals surface area contributed by atoms with Gasteiger partial charge in [0.2, 0.25) is 6.29 Å². The third-order valence-corrected chi connectivity index (χ3v) is 7.03. The molecule has 31 heavy (non-hydrogen) atoms. The van der Waals surface area contributed by atoms with Crippen LogP contribution in [0.4, 0.5) is 0 Å². The Morgan fingerprint density at radius 3 is 2.58 bits per heavy atom. The van der Waals surface area contributed by atoms with Crippen LogP contribution in [0.15, 0.2) is 52.9 Å². The number of rotatable bonds is 7. The van der Waals surface area contributed by atoms with Crippen molar-refractivity contribution in [3.8, 4) is 0 Å². The highest BCUT2D eigenvalue weighted by Gasteiger charge is 2.32. The number of carbonyl (C=O) groups excluding carboxylic acids is 1. The van der Waals surface area contributed by atoms with Crippen LogP contribution in [-0.4, -0.2) is 35.3 Å². The van der Waals surface area contributed by atoms with Crippen molar-refractivity contribution in [1.82, 2.24) is 4.90 Å². The smallest absolute Gasteiger partial charge is 0.288 e. The van der Waals surface area contributed by atoms with E-state index in [0.717, 1.165) is 24.0 Å². The number of amides is 1. The van der Waals surface area contributed by atoms with E-state index in [2.05, 4.69) is 16.8 Å². The number of benzene rings is 1. The average Bonchev–Trinajstić information content (AvgIpc) is 3.38. The molecular weight excluding hydrogens is 410 g/mol. The fourth-order valence-electron chi connectivity index (χ4n) is 4.37.